The van der Waals surface area contributed by atoms with Crippen LogP contribution in [0.5, 0.6) is 0 Å². The van der Waals surface area contributed by atoms with Gasteiger partial charge in [0, 0.05) is 36.6 Å². The Balaban J connectivity index is 1.44. The number of ether oxygens (including phenoxy) is 1. The first-order valence-corrected chi connectivity index (χ1v) is 12.8. The van der Waals surface area contributed by atoms with Crippen LogP contribution in [0, 0.1) is 5.92 Å². The molecule has 2 fully saturated rings. The summed E-state index contributed by atoms with van der Waals surface area (Å²) in [6.07, 6.45) is 4.93. The van der Waals surface area contributed by atoms with Gasteiger partial charge in [-0.05, 0) is 39.2 Å². The van der Waals surface area contributed by atoms with Crippen molar-refractivity contribution in [2.24, 2.45) is 11.1 Å². The molecule has 0 aromatic carbocycles. The molecule has 0 radical (unpaired) electrons. The highest BCUT2D eigenvalue weighted by Crippen LogP contribution is 2.33. The second kappa shape index (κ2) is 9.90. The third-order valence-electron chi connectivity index (χ3n) is 6.46. The monoisotopic (exact) mass is 511 g/mol. The van der Waals surface area contributed by atoms with E-state index in [1.807, 2.05) is 4.57 Å². The van der Waals surface area contributed by atoms with Crippen LogP contribution in [0.15, 0.2) is 31.0 Å². The topological polar surface area (TPSA) is 159 Å². The molecule has 2 aliphatic rings. The fourth-order valence-corrected chi connectivity index (χ4v) is 5.02. The zero-order valence-electron chi connectivity index (χ0n) is 19.5. The quantitative estimate of drug-likeness (QED) is 0.420. The molecule has 11 nitrogen and oxygen atoms in total. The molecule has 0 amide bonds. The molecule has 4 N–H and O–H groups in total. The van der Waals surface area contributed by atoms with Crippen molar-refractivity contribution < 1.29 is 31.6 Å². The molecule has 4 rings (SSSR count). The molecule has 192 valence electrons. The third kappa shape index (κ3) is 6.22. The second-order valence-corrected chi connectivity index (χ2v) is 10.9. The summed E-state index contributed by atoms with van der Waals surface area (Å²) in [5.74, 6) is -1.03. The van der Waals surface area contributed by atoms with Crippen molar-refractivity contribution in [1.82, 2.24) is 14.5 Å². The lowest BCUT2D eigenvalue weighted by Gasteiger charge is -2.19. The van der Waals surface area contributed by atoms with E-state index in [9.17, 15) is 22.7 Å². The van der Waals surface area contributed by atoms with Gasteiger partial charge in [0.2, 0.25) is 0 Å². The van der Waals surface area contributed by atoms with Crippen molar-refractivity contribution in [3.8, 4) is 0 Å². The van der Waals surface area contributed by atoms with Gasteiger partial charge in [0.05, 0.1) is 36.0 Å². The predicted molar refractivity (Wildman–Crippen MR) is 124 cm³/mol. The second-order valence-electron chi connectivity index (χ2n) is 9.71. The van der Waals surface area contributed by atoms with Crippen LogP contribution in [-0.2, 0) is 25.8 Å². The van der Waals surface area contributed by atoms with Gasteiger partial charge < -0.3 is 19.7 Å². The lowest BCUT2D eigenvalue weighted by Crippen LogP contribution is -2.33. The van der Waals surface area contributed by atoms with Crippen LogP contribution < -0.4 is 10.5 Å². The number of aliphatic hydroxyl groups excluding tert-OH is 1. The van der Waals surface area contributed by atoms with Gasteiger partial charge in [0.25, 0.3) is 0 Å². The first kappa shape index (κ1) is 25.6. The van der Waals surface area contributed by atoms with E-state index in [4.69, 9.17) is 9.88 Å². The number of aliphatic hydroxyl groups is 1. The highest BCUT2D eigenvalue weighted by atomic mass is 32.2. The zero-order valence-corrected chi connectivity index (χ0v) is 20.3. The van der Waals surface area contributed by atoms with Crippen LogP contribution in [0.3, 0.4) is 0 Å². The molecule has 0 spiro atoms. The number of nitrogens with two attached hydrogens (primary N) is 1. The molecular formula is C22H30FN5O6S. The van der Waals surface area contributed by atoms with E-state index in [0.717, 1.165) is 12.8 Å². The van der Waals surface area contributed by atoms with Crippen molar-refractivity contribution in [1.29, 1.82) is 0 Å². The van der Waals surface area contributed by atoms with Crippen LogP contribution in [0.1, 0.15) is 49.0 Å². The van der Waals surface area contributed by atoms with E-state index in [0.29, 0.717) is 12.1 Å². The van der Waals surface area contributed by atoms with Crippen molar-refractivity contribution in [2.45, 2.75) is 69.7 Å². The maximum atomic E-state index is 14.8. The van der Waals surface area contributed by atoms with E-state index in [1.165, 1.54) is 12.5 Å². The number of nitrogens with one attached hydrogen (secondary N) is 1. The van der Waals surface area contributed by atoms with Gasteiger partial charge in [0.15, 0.2) is 5.78 Å². The van der Waals surface area contributed by atoms with Crippen LogP contribution in [0.2, 0.25) is 0 Å². The van der Waals surface area contributed by atoms with Crippen molar-refractivity contribution >= 4 is 21.9 Å². The molecule has 1 aliphatic carbocycles. The number of alkyl halides is 1. The normalized spacial score (nSPS) is 28.3. The molecule has 0 unspecified atom stereocenters. The number of anilines is 1. The Bertz CT molecular complexity index is 1170. The standard InChI is InChI=1S/C22H30FN5O6S/c1-22(2)5-3-15(34-22)10-28-6-4-13(9-28)19(29)16-8-25-12-26-21(16)27-17-7-14(20(30)18(17)23)11-33-35(24,31)32/h4,6,8-9,12,14-15,17-18,20,30H,3,5,7,10-11H2,1-2H3,(H2,24,31,32)(H,25,26,27)/t14-,15+,17-,18-,20-/m1/s1. The molecule has 13 heteroatoms. The number of nitrogens with zero attached hydrogens (tertiary/aromatic N) is 3. The number of carbonyl (C=O) groups excluding carboxylic acids is 1. The zero-order chi connectivity index (χ0) is 25.4. The van der Waals surface area contributed by atoms with Gasteiger partial charge >= 0.3 is 10.3 Å². The van der Waals surface area contributed by atoms with Gasteiger partial charge in [-0.1, -0.05) is 0 Å². The first-order valence-electron chi connectivity index (χ1n) is 11.4. The minimum atomic E-state index is -4.22. The summed E-state index contributed by atoms with van der Waals surface area (Å²) in [5, 5.41) is 17.9. The van der Waals surface area contributed by atoms with E-state index in [2.05, 4.69) is 33.3 Å². The van der Waals surface area contributed by atoms with Gasteiger partial charge in [-0.25, -0.2) is 19.5 Å². The third-order valence-corrected chi connectivity index (χ3v) is 6.92. The summed E-state index contributed by atoms with van der Waals surface area (Å²) in [7, 11) is -4.22. The lowest BCUT2D eigenvalue weighted by molar-refractivity contribution is -0.0216. The Labute approximate surface area is 203 Å². The number of aromatic nitrogens is 3. The van der Waals surface area contributed by atoms with Crippen LogP contribution in [0.25, 0.3) is 0 Å². The largest absolute Gasteiger partial charge is 0.390 e. The van der Waals surface area contributed by atoms with E-state index in [-0.39, 0.29) is 35.3 Å². The number of hydrogen-bond acceptors (Lipinski definition) is 9. The number of carbonyl (C=O) groups is 1. The molecule has 5 atom stereocenters. The Hall–Kier alpha value is -2.45. The molecule has 35 heavy (non-hydrogen) atoms. The van der Waals surface area contributed by atoms with Crippen LogP contribution >= 0.6 is 0 Å². The van der Waals surface area contributed by atoms with Gasteiger partial charge in [-0.2, -0.15) is 8.42 Å². The molecule has 1 saturated carbocycles. The summed E-state index contributed by atoms with van der Waals surface area (Å²) in [5.41, 5.74) is 0.418. The molecule has 2 aromatic rings. The minimum absolute atomic E-state index is 0.0452. The van der Waals surface area contributed by atoms with Crippen molar-refractivity contribution in [2.75, 3.05) is 11.9 Å². The maximum absolute atomic E-state index is 14.8. The van der Waals surface area contributed by atoms with Crippen molar-refractivity contribution in [3.63, 3.8) is 0 Å². The average Bonchev–Trinajstić information content (AvgIpc) is 3.46. The molecule has 1 saturated heterocycles. The SMILES string of the molecule is CC1(C)CC[C@@H](Cn2ccc(C(=O)c3cncnc3N[C@@H]3C[C@H](COS(N)(=O)=O)[C@@H](O)[C@@H]3F)c2)O1. The van der Waals surface area contributed by atoms with E-state index >= 15 is 0 Å². The van der Waals surface area contributed by atoms with Crippen LogP contribution in [-0.4, -0.2) is 70.5 Å². The average molecular weight is 512 g/mol. The summed E-state index contributed by atoms with van der Waals surface area (Å²) in [6.45, 7) is 4.28. The lowest BCUT2D eigenvalue weighted by atomic mass is 10.1. The van der Waals surface area contributed by atoms with E-state index < -0.39 is 41.1 Å². The Morgan fingerprint density at radius 2 is 2.23 bits per heavy atom. The fourth-order valence-electron chi connectivity index (χ4n) is 4.65. The van der Waals surface area contributed by atoms with Gasteiger partial charge in [-0.15, -0.1) is 0 Å². The smallest absolute Gasteiger partial charge is 0.333 e. The number of hydrogen-bond donors (Lipinski definition) is 3. The molecule has 3 heterocycles. The molecule has 0 bridgehead atoms. The highest BCUT2D eigenvalue weighted by molar-refractivity contribution is 7.84. The molecular weight excluding hydrogens is 481 g/mol. The first-order chi connectivity index (χ1) is 16.4. The summed E-state index contributed by atoms with van der Waals surface area (Å²) in [6, 6.07) is 0.768. The predicted octanol–water partition coefficient (Wildman–Crippen LogP) is 1.19. The Morgan fingerprint density at radius 1 is 1.46 bits per heavy atom. The number of ketones is 1. The maximum Gasteiger partial charge on any atom is 0.333 e. The van der Waals surface area contributed by atoms with Crippen LogP contribution in [0.4, 0.5) is 10.2 Å². The summed E-state index contributed by atoms with van der Waals surface area (Å²) < 4.78 is 49.3. The highest BCUT2D eigenvalue weighted by Gasteiger charge is 2.44. The fraction of sp³-hybridized carbons (Fsp3) is 0.591. The molecule has 1 aliphatic heterocycles. The van der Waals surface area contributed by atoms with Gasteiger partial charge in [0.1, 0.15) is 18.3 Å². The number of rotatable bonds is 9. The minimum Gasteiger partial charge on any atom is -0.390 e. The van der Waals surface area contributed by atoms with Crippen molar-refractivity contribution in [3.05, 3.63) is 42.1 Å². The van der Waals surface area contributed by atoms with Gasteiger partial charge in [-0.3, -0.25) is 8.98 Å². The number of halogens is 1. The Kier molecular flexibility index (Phi) is 7.25. The summed E-state index contributed by atoms with van der Waals surface area (Å²) >= 11 is 0. The Morgan fingerprint density at radius 3 is 2.91 bits per heavy atom. The summed E-state index contributed by atoms with van der Waals surface area (Å²) in [4.78, 5) is 21.2. The molecule has 2 aromatic heterocycles. The van der Waals surface area contributed by atoms with E-state index in [1.54, 1.807) is 18.5 Å².